The van der Waals surface area contributed by atoms with Crippen molar-refractivity contribution in [3.8, 4) is 5.75 Å². The van der Waals surface area contributed by atoms with Crippen molar-refractivity contribution in [1.82, 2.24) is 0 Å². The van der Waals surface area contributed by atoms with Crippen LogP contribution >= 0.6 is 15.9 Å². The number of benzene rings is 2. The highest BCUT2D eigenvalue weighted by Crippen LogP contribution is 2.21. The molecule has 0 atom stereocenters. The normalized spacial score (nSPS) is 10.7. The maximum atomic E-state index is 5.81. The summed E-state index contributed by atoms with van der Waals surface area (Å²) in [5.74, 6) is 1.46. The van der Waals surface area contributed by atoms with Gasteiger partial charge in [0.15, 0.2) is 0 Å². The van der Waals surface area contributed by atoms with Crippen molar-refractivity contribution < 1.29 is 4.74 Å². The Hall–Kier alpha value is -1.28. The van der Waals surface area contributed by atoms with Crippen LogP contribution in [0.25, 0.3) is 0 Å². The van der Waals surface area contributed by atoms with Crippen LogP contribution in [0.2, 0.25) is 0 Å². The highest BCUT2D eigenvalue weighted by molar-refractivity contribution is 9.10. The molecule has 0 aliphatic carbocycles. The predicted octanol–water partition coefficient (Wildman–Crippen LogP) is 5.15. The summed E-state index contributed by atoms with van der Waals surface area (Å²) in [6.07, 6.45) is 0. The third kappa shape index (κ3) is 3.61. The summed E-state index contributed by atoms with van der Waals surface area (Å²) in [4.78, 5) is 0. The van der Waals surface area contributed by atoms with Crippen LogP contribution in [0.1, 0.15) is 30.9 Å². The van der Waals surface area contributed by atoms with Crippen LogP contribution in [-0.2, 0) is 6.61 Å². The van der Waals surface area contributed by atoms with Crippen LogP contribution in [-0.4, -0.2) is 0 Å². The molecule has 2 heteroatoms. The zero-order valence-corrected chi connectivity index (χ0v) is 12.3. The molecular weight excluding hydrogens is 288 g/mol. The summed E-state index contributed by atoms with van der Waals surface area (Å²) in [5.41, 5.74) is 2.48. The second-order valence-corrected chi connectivity index (χ2v) is 5.56. The maximum absolute atomic E-state index is 5.81. The van der Waals surface area contributed by atoms with Crippen molar-refractivity contribution in [3.05, 3.63) is 64.1 Å². The topological polar surface area (TPSA) is 9.23 Å². The molecular formula is C16H17BrO. The van der Waals surface area contributed by atoms with Gasteiger partial charge in [-0.25, -0.2) is 0 Å². The summed E-state index contributed by atoms with van der Waals surface area (Å²) in [5, 5.41) is 0. The molecule has 0 fully saturated rings. The first-order valence-electron chi connectivity index (χ1n) is 6.12. The largest absolute Gasteiger partial charge is 0.489 e. The Balaban J connectivity index is 2.01. The van der Waals surface area contributed by atoms with Gasteiger partial charge < -0.3 is 4.74 Å². The highest BCUT2D eigenvalue weighted by Gasteiger charge is 2.01. The predicted molar refractivity (Wildman–Crippen MR) is 79.0 cm³/mol. The molecule has 0 bridgehead atoms. The molecule has 0 aliphatic rings. The van der Waals surface area contributed by atoms with Gasteiger partial charge in [0.25, 0.3) is 0 Å². The quantitative estimate of drug-likeness (QED) is 0.759. The lowest BCUT2D eigenvalue weighted by molar-refractivity contribution is 0.306. The van der Waals surface area contributed by atoms with Crippen molar-refractivity contribution in [2.75, 3.05) is 0 Å². The van der Waals surface area contributed by atoms with E-state index in [0.717, 1.165) is 10.2 Å². The fraction of sp³-hybridized carbons (Fsp3) is 0.250. The van der Waals surface area contributed by atoms with Gasteiger partial charge in [0.2, 0.25) is 0 Å². The molecule has 0 saturated carbocycles. The molecule has 0 amide bonds. The molecule has 0 N–H and O–H groups in total. The first-order chi connectivity index (χ1) is 8.65. The van der Waals surface area contributed by atoms with E-state index in [4.69, 9.17) is 4.74 Å². The first-order valence-corrected chi connectivity index (χ1v) is 6.91. The third-order valence-corrected chi connectivity index (χ3v) is 3.37. The lowest BCUT2D eigenvalue weighted by Gasteiger charge is -2.10. The standard InChI is InChI=1S/C16H17BrO/c1-12(2)14-4-3-5-16(10-14)18-11-13-6-8-15(17)9-7-13/h3-10,12H,11H2,1-2H3. The Kier molecular flexibility index (Phi) is 4.43. The molecule has 0 heterocycles. The maximum Gasteiger partial charge on any atom is 0.120 e. The fourth-order valence-electron chi connectivity index (χ4n) is 1.71. The second kappa shape index (κ2) is 6.05. The van der Waals surface area contributed by atoms with Gasteiger partial charge in [-0.05, 0) is 41.3 Å². The van der Waals surface area contributed by atoms with Crippen LogP contribution in [0.3, 0.4) is 0 Å². The van der Waals surface area contributed by atoms with E-state index in [-0.39, 0.29) is 0 Å². The van der Waals surface area contributed by atoms with Gasteiger partial charge in [-0.2, -0.15) is 0 Å². The summed E-state index contributed by atoms with van der Waals surface area (Å²) < 4.78 is 6.90. The van der Waals surface area contributed by atoms with Crippen LogP contribution in [0, 0.1) is 0 Å². The minimum Gasteiger partial charge on any atom is -0.489 e. The average molecular weight is 305 g/mol. The molecule has 0 aromatic heterocycles. The molecule has 2 aromatic carbocycles. The van der Waals surface area contributed by atoms with E-state index in [1.807, 2.05) is 24.3 Å². The molecule has 1 nitrogen and oxygen atoms in total. The Labute approximate surface area is 117 Å². The highest BCUT2D eigenvalue weighted by atomic mass is 79.9. The first kappa shape index (κ1) is 13.2. The summed E-state index contributed by atoms with van der Waals surface area (Å²) >= 11 is 3.43. The van der Waals surface area contributed by atoms with Gasteiger partial charge in [-0.1, -0.05) is 54.0 Å². The molecule has 0 spiro atoms. The second-order valence-electron chi connectivity index (χ2n) is 4.64. The molecule has 0 radical (unpaired) electrons. The van der Waals surface area contributed by atoms with Gasteiger partial charge >= 0.3 is 0 Å². The Bertz CT molecular complexity index is 503. The lowest BCUT2D eigenvalue weighted by Crippen LogP contribution is -1.96. The fourth-order valence-corrected chi connectivity index (χ4v) is 1.98. The zero-order chi connectivity index (χ0) is 13.0. The minimum absolute atomic E-state index is 0.529. The molecule has 2 aromatic rings. The van der Waals surface area contributed by atoms with E-state index in [1.165, 1.54) is 11.1 Å². The van der Waals surface area contributed by atoms with Gasteiger partial charge in [-0.3, -0.25) is 0 Å². The van der Waals surface area contributed by atoms with Gasteiger partial charge in [0.1, 0.15) is 12.4 Å². The van der Waals surface area contributed by atoms with Crippen molar-refractivity contribution >= 4 is 15.9 Å². The lowest BCUT2D eigenvalue weighted by atomic mass is 10.0. The Morgan fingerprint density at radius 1 is 1.06 bits per heavy atom. The van der Waals surface area contributed by atoms with E-state index in [9.17, 15) is 0 Å². The molecule has 2 rings (SSSR count). The van der Waals surface area contributed by atoms with Crippen molar-refractivity contribution in [1.29, 1.82) is 0 Å². The van der Waals surface area contributed by atoms with E-state index in [1.54, 1.807) is 0 Å². The van der Waals surface area contributed by atoms with E-state index < -0.39 is 0 Å². The SMILES string of the molecule is CC(C)c1cccc(OCc2ccc(Br)cc2)c1. The third-order valence-electron chi connectivity index (χ3n) is 2.84. The van der Waals surface area contributed by atoms with E-state index in [0.29, 0.717) is 12.5 Å². The monoisotopic (exact) mass is 304 g/mol. The molecule has 18 heavy (non-hydrogen) atoms. The number of halogens is 1. The minimum atomic E-state index is 0.529. The zero-order valence-electron chi connectivity index (χ0n) is 10.7. The smallest absolute Gasteiger partial charge is 0.120 e. The van der Waals surface area contributed by atoms with Gasteiger partial charge in [0, 0.05) is 4.47 Å². The summed E-state index contributed by atoms with van der Waals surface area (Å²) in [7, 11) is 0. The van der Waals surface area contributed by atoms with Crippen LogP contribution in [0.15, 0.2) is 53.0 Å². The Morgan fingerprint density at radius 2 is 1.78 bits per heavy atom. The van der Waals surface area contributed by atoms with E-state index >= 15 is 0 Å². The average Bonchev–Trinajstić information content (AvgIpc) is 2.38. The van der Waals surface area contributed by atoms with Crippen LogP contribution in [0.5, 0.6) is 5.75 Å². The Morgan fingerprint density at radius 3 is 2.44 bits per heavy atom. The van der Waals surface area contributed by atoms with Crippen molar-refractivity contribution in [2.45, 2.75) is 26.4 Å². The van der Waals surface area contributed by atoms with Crippen molar-refractivity contribution in [2.24, 2.45) is 0 Å². The van der Waals surface area contributed by atoms with Crippen molar-refractivity contribution in [3.63, 3.8) is 0 Å². The number of hydrogen-bond donors (Lipinski definition) is 0. The molecule has 0 saturated heterocycles. The summed E-state index contributed by atoms with van der Waals surface area (Å²) in [6.45, 7) is 4.98. The number of rotatable bonds is 4. The van der Waals surface area contributed by atoms with Gasteiger partial charge in [0.05, 0.1) is 0 Å². The van der Waals surface area contributed by atoms with Crippen LogP contribution < -0.4 is 4.74 Å². The molecule has 0 aliphatic heterocycles. The van der Waals surface area contributed by atoms with Crippen LogP contribution in [0.4, 0.5) is 0 Å². The number of hydrogen-bond acceptors (Lipinski definition) is 1. The molecule has 94 valence electrons. The van der Waals surface area contributed by atoms with E-state index in [2.05, 4.69) is 54.0 Å². The summed E-state index contributed by atoms with van der Waals surface area (Å²) in [6, 6.07) is 16.5. The number of ether oxygens (including phenoxy) is 1. The van der Waals surface area contributed by atoms with Gasteiger partial charge in [-0.15, -0.1) is 0 Å². The molecule has 0 unspecified atom stereocenters.